The first-order chi connectivity index (χ1) is 8.47. The molecule has 94 valence electrons. The van der Waals surface area contributed by atoms with Crippen LogP contribution in [-0.4, -0.2) is 15.6 Å². The van der Waals surface area contributed by atoms with E-state index in [1.54, 1.807) is 14.0 Å². The number of hydrogen-bond donors (Lipinski definition) is 1. The molecule has 0 atom stereocenters. The van der Waals surface area contributed by atoms with Gasteiger partial charge >= 0.3 is 5.97 Å². The summed E-state index contributed by atoms with van der Waals surface area (Å²) in [5, 5.41) is 9.97. The van der Waals surface area contributed by atoms with Crippen LogP contribution in [0.15, 0.2) is 23.0 Å². The van der Waals surface area contributed by atoms with Gasteiger partial charge in [0.05, 0.1) is 5.52 Å². The zero-order valence-corrected chi connectivity index (χ0v) is 10.7. The zero-order chi connectivity index (χ0) is 13.4. The van der Waals surface area contributed by atoms with Crippen LogP contribution < -0.4 is 5.56 Å². The van der Waals surface area contributed by atoms with Crippen molar-refractivity contribution >= 4 is 16.9 Å². The number of aromatic nitrogens is 1. The topological polar surface area (TPSA) is 59.3 Å². The molecule has 18 heavy (non-hydrogen) atoms. The monoisotopic (exact) mass is 245 g/mol. The van der Waals surface area contributed by atoms with Crippen molar-refractivity contribution in [2.24, 2.45) is 7.05 Å². The van der Waals surface area contributed by atoms with Crippen LogP contribution in [0, 0.1) is 6.92 Å². The van der Waals surface area contributed by atoms with E-state index in [1.165, 1.54) is 4.57 Å². The van der Waals surface area contributed by atoms with Gasteiger partial charge in [-0.2, -0.15) is 0 Å². The summed E-state index contributed by atoms with van der Waals surface area (Å²) < 4.78 is 1.39. The number of carboxylic acids is 1. The lowest BCUT2D eigenvalue weighted by atomic mass is 10.0. The number of aryl methyl sites for hydroxylation is 3. The number of aromatic carboxylic acids is 1. The van der Waals surface area contributed by atoms with E-state index in [0.29, 0.717) is 5.56 Å². The molecule has 1 aromatic heterocycles. The van der Waals surface area contributed by atoms with E-state index in [9.17, 15) is 9.59 Å². The van der Waals surface area contributed by atoms with E-state index in [2.05, 4.69) is 0 Å². The Labute approximate surface area is 104 Å². The average Bonchev–Trinajstić information content (AvgIpc) is 2.35. The minimum atomic E-state index is -1.17. The van der Waals surface area contributed by atoms with E-state index < -0.39 is 11.5 Å². The van der Waals surface area contributed by atoms with Crippen molar-refractivity contribution in [3.05, 3.63) is 45.2 Å². The fourth-order valence-corrected chi connectivity index (χ4v) is 2.22. The molecule has 0 bridgehead atoms. The molecule has 1 N–H and O–H groups in total. The molecular formula is C14H15NO3. The molecule has 4 nitrogen and oxygen atoms in total. The summed E-state index contributed by atoms with van der Waals surface area (Å²) >= 11 is 0. The summed E-state index contributed by atoms with van der Waals surface area (Å²) in [5.74, 6) is -1.17. The molecule has 0 aliphatic carbocycles. The molecule has 0 aliphatic rings. The second-order valence-corrected chi connectivity index (χ2v) is 4.37. The molecule has 0 fully saturated rings. The molecule has 4 heteroatoms. The first-order valence-corrected chi connectivity index (χ1v) is 5.82. The van der Waals surface area contributed by atoms with Crippen molar-refractivity contribution in [3.63, 3.8) is 0 Å². The van der Waals surface area contributed by atoms with Crippen LogP contribution in [0.4, 0.5) is 0 Å². The van der Waals surface area contributed by atoms with Gasteiger partial charge in [-0.25, -0.2) is 4.79 Å². The third-order valence-corrected chi connectivity index (χ3v) is 3.34. The molecule has 0 unspecified atom stereocenters. The number of nitrogens with zero attached hydrogens (tertiary/aromatic N) is 1. The van der Waals surface area contributed by atoms with Gasteiger partial charge in [0.2, 0.25) is 0 Å². The number of benzene rings is 1. The van der Waals surface area contributed by atoms with Crippen molar-refractivity contribution in [1.82, 2.24) is 4.57 Å². The predicted octanol–water partition coefficient (Wildman–Crippen LogP) is 2.11. The maximum atomic E-state index is 12.0. The Morgan fingerprint density at radius 3 is 2.61 bits per heavy atom. The van der Waals surface area contributed by atoms with Crippen LogP contribution in [0.3, 0.4) is 0 Å². The quantitative estimate of drug-likeness (QED) is 0.881. The first kappa shape index (κ1) is 12.4. The molecule has 1 aromatic carbocycles. The maximum Gasteiger partial charge on any atom is 0.341 e. The highest BCUT2D eigenvalue weighted by Crippen LogP contribution is 2.20. The summed E-state index contributed by atoms with van der Waals surface area (Å²) in [5.41, 5.74) is 1.83. The number of carboxylic acid groups (broad SMARTS) is 1. The minimum Gasteiger partial charge on any atom is -0.477 e. The van der Waals surface area contributed by atoms with Gasteiger partial charge in [-0.3, -0.25) is 4.79 Å². The standard InChI is InChI=1S/C14H15NO3/c1-4-9-5-6-11-10(7-9)8(2)12(14(17)18)13(16)15(11)3/h5-7H,4H2,1-3H3,(H,17,18). The van der Waals surface area contributed by atoms with E-state index in [4.69, 9.17) is 5.11 Å². The molecule has 0 radical (unpaired) electrons. The Bertz CT molecular complexity index is 698. The lowest BCUT2D eigenvalue weighted by molar-refractivity contribution is 0.0694. The molecule has 1 heterocycles. The predicted molar refractivity (Wildman–Crippen MR) is 70.3 cm³/mol. The van der Waals surface area contributed by atoms with Gasteiger partial charge < -0.3 is 9.67 Å². The smallest absolute Gasteiger partial charge is 0.341 e. The van der Waals surface area contributed by atoms with E-state index in [0.717, 1.165) is 22.9 Å². The number of hydrogen-bond acceptors (Lipinski definition) is 2. The zero-order valence-electron chi connectivity index (χ0n) is 10.7. The van der Waals surface area contributed by atoms with E-state index in [-0.39, 0.29) is 5.56 Å². The number of pyridine rings is 1. The number of rotatable bonds is 2. The Morgan fingerprint density at radius 2 is 2.06 bits per heavy atom. The Kier molecular flexibility index (Phi) is 2.95. The SMILES string of the molecule is CCc1ccc2c(c1)c(C)c(C(=O)O)c(=O)n2C. The van der Waals surface area contributed by atoms with Crippen molar-refractivity contribution in [1.29, 1.82) is 0 Å². The normalized spacial score (nSPS) is 10.8. The van der Waals surface area contributed by atoms with Gasteiger partial charge in [-0.05, 0) is 36.6 Å². The fourth-order valence-electron chi connectivity index (χ4n) is 2.22. The molecular weight excluding hydrogens is 230 g/mol. The summed E-state index contributed by atoms with van der Waals surface area (Å²) in [4.78, 5) is 23.2. The molecule has 2 aromatic rings. The Morgan fingerprint density at radius 1 is 1.39 bits per heavy atom. The summed E-state index contributed by atoms with van der Waals surface area (Å²) in [7, 11) is 1.60. The molecule has 2 rings (SSSR count). The minimum absolute atomic E-state index is 0.141. The van der Waals surface area contributed by atoms with Crippen molar-refractivity contribution in [3.8, 4) is 0 Å². The van der Waals surface area contributed by atoms with E-state index >= 15 is 0 Å². The largest absolute Gasteiger partial charge is 0.477 e. The van der Waals surface area contributed by atoms with Gasteiger partial charge in [0, 0.05) is 12.4 Å². The van der Waals surface area contributed by atoms with Gasteiger partial charge in [-0.15, -0.1) is 0 Å². The highest BCUT2D eigenvalue weighted by molar-refractivity contribution is 5.96. The molecule has 0 aliphatic heterocycles. The molecule has 0 amide bonds. The van der Waals surface area contributed by atoms with Crippen LogP contribution >= 0.6 is 0 Å². The lowest BCUT2D eigenvalue weighted by Gasteiger charge is -2.11. The fraction of sp³-hybridized carbons (Fsp3) is 0.286. The van der Waals surface area contributed by atoms with E-state index in [1.807, 2.05) is 25.1 Å². The highest BCUT2D eigenvalue weighted by Gasteiger charge is 2.17. The third kappa shape index (κ3) is 1.70. The van der Waals surface area contributed by atoms with Crippen molar-refractivity contribution in [2.75, 3.05) is 0 Å². The highest BCUT2D eigenvalue weighted by atomic mass is 16.4. The number of carbonyl (C=O) groups is 1. The van der Waals surface area contributed by atoms with Crippen molar-refractivity contribution in [2.45, 2.75) is 20.3 Å². The third-order valence-electron chi connectivity index (χ3n) is 3.34. The van der Waals surface area contributed by atoms with Crippen LogP contribution in [0.1, 0.15) is 28.4 Å². The summed E-state index contributed by atoms with van der Waals surface area (Å²) in [6.45, 7) is 3.73. The summed E-state index contributed by atoms with van der Waals surface area (Å²) in [6.07, 6.45) is 0.876. The van der Waals surface area contributed by atoms with Gasteiger partial charge in [0.25, 0.3) is 5.56 Å². The number of fused-ring (bicyclic) bond motifs is 1. The second-order valence-electron chi connectivity index (χ2n) is 4.37. The molecule has 0 saturated heterocycles. The molecule has 0 spiro atoms. The lowest BCUT2D eigenvalue weighted by Crippen LogP contribution is -2.26. The van der Waals surface area contributed by atoms with Crippen LogP contribution in [0.25, 0.3) is 10.9 Å². The maximum absolute atomic E-state index is 12.0. The first-order valence-electron chi connectivity index (χ1n) is 5.82. The van der Waals surface area contributed by atoms with Crippen LogP contribution in [0.2, 0.25) is 0 Å². The molecule has 0 saturated carbocycles. The van der Waals surface area contributed by atoms with Gasteiger partial charge in [0.15, 0.2) is 0 Å². The Balaban J connectivity index is 2.99. The van der Waals surface area contributed by atoms with Gasteiger partial charge in [-0.1, -0.05) is 13.0 Å². The van der Waals surface area contributed by atoms with Gasteiger partial charge in [0.1, 0.15) is 5.56 Å². The van der Waals surface area contributed by atoms with Crippen LogP contribution in [-0.2, 0) is 13.5 Å². The van der Waals surface area contributed by atoms with Crippen molar-refractivity contribution < 1.29 is 9.90 Å². The second kappa shape index (κ2) is 4.29. The average molecular weight is 245 g/mol. The Hall–Kier alpha value is -2.10. The van der Waals surface area contributed by atoms with Crippen LogP contribution in [0.5, 0.6) is 0 Å². The summed E-state index contributed by atoms with van der Waals surface area (Å²) in [6, 6.07) is 5.78.